The quantitative estimate of drug-likeness (QED) is 0.505. The molecular formula is C24H27N3O4S2. The Morgan fingerprint density at radius 2 is 1.88 bits per heavy atom. The van der Waals surface area contributed by atoms with Gasteiger partial charge in [-0.3, -0.25) is 4.79 Å². The first kappa shape index (κ1) is 23.4. The molecule has 1 aliphatic heterocycles. The topological polar surface area (TPSA) is 88.6 Å². The minimum Gasteiger partial charge on any atom is -0.492 e. The first-order chi connectivity index (χ1) is 16.0. The molecule has 2 heterocycles. The number of ether oxygens (including phenoxy) is 1. The minimum atomic E-state index is -3.71. The van der Waals surface area contributed by atoms with Crippen molar-refractivity contribution in [2.24, 2.45) is 0 Å². The molecule has 1 amide bonds. The van der Waals surface area contributed by atoms with Gasteiger partial charge in [0.05, 0.1) is 18.7 Å². The Balaban J connectivity index is 1.50. The number of benzene rings is 2. The van der Waals surface area contributed by atoms with Gasteiger partial charge in [0.1, 0.15) is 15.7 Å². The van der Waals surface area contributed by atoms with Crippen molar-refractivity contribution in [1.82, 2.24) is 9.29 Å². The number of sulfonamides is 1. The standard InChI is InChI=1S/C24H27N3O4S2/c1-2-31-21-12-11-19(15-22(21)33(29,30)27-13-7-4-8-14-27)25-23(28)16-20-17-32-24(26-20)18-9-5-3-6-10-18/h3,5-6,9-12,15,17H,2,4,7-8,13-14,16H2,1H3,(H,25,28). The summed E-state index contributed by atoms with van der Waals surface area (Å²) >= 11 is 1.49. The summed E-state index contributed by atoms with van der Waals surface area (Å²) in [6, 6.07) is 14.6. The molecule has 0 radical (unpaired) electrons. The summed E-state index contributed by atoms with van der Waals surface area (Å²) in [4.78, 5) is 17.3. The van der Waals surface area contributed by atoms with Crippen molar-refractivity contribution in [3.63, 3.8) is 0 Å². The molecule has 2 aromatic carbocycles. The monoisotopic (exact) mass is 485 g/mol. The molecule has 9 heteroatoms. The maximum Gasteiger partial charge on any atom is 0.246 e. The van der Waals surface area contributed by atoms with Crippen molar-refractivity contribution in [1.29, 1.82) is 0 Å². The number of rotatable bonds is 8. The lowest BCUT2D eigenvalue weighted by Crippen LogP contribution is -2.35. The first-order valence-electron chi connectivity index (χ1n) is 11.0. The Labute approximate surface area is 198 Å². The molecule has 0 aliphatic carbocycles. The van der Waals surface area contributed by atoms with Gasteiger partial charge in [0, 0.05) is 29.7 Å². The highest BCUT2D eigenvalue weighted by molar-refractivity contribution is 7.89. The smallest absolute Gasteiger partial charge is 0.246 e. The van der Waals surface area contributed by atoms with Gasteiger partial charge in [-0.1, -0.05) is 36.8 Å². The number of carbonyl (C=O) groups excluding carboxylic acids is 1. The number of nitrogens with zero attached hydrogens (tertiary/aromatic N) is 2. The van der Waals surface area contributed by atoms with Crippen LogP contribution < -0.4 is 10.1 Å². The number of hydrogen-bond donors (Lipinski definition) is 1. The van der Waals surface area contributed by atoms with Crippen molar-refractivity contribution in [2.45, 2.75) is 37.5 Å². The SMILES string of the molecule is CCOc1ccc(NC(=O)Cc2csc(-c3ccccc3)n2)cc1S(=O)(=O)N1CCCCC1. The molecule has 174 valence electrons. The summed E-state index contributed by atoms with van der Waals surface area (Å²) in [7, 11) is -3.71. The molecule has 0 saturated carbocycles. The number of piperidine rings is 1. The van der Waals surface area contributed by atoms with Gasteiger partial charge < -0.3 is 10.1 Å². The number of hydrogen-bond acceptors (Lipinski definition) is 6. The number of aromatic nitrogens is 1. The van der Waals surface area contributed by atoms with E-state index in [1.54, 1.807) is 12.1 Å². The van der Waals surface area contributed by atoms with Crippen molar-refractivity contribution >= 4 is 33.0 Å². The second-order valence-electron chi connectivity index (χ2n) is 7.79. The highest BCUT2D eigenvalue weighted by Crippen LogP contribution is 2.31. The summed E-state index contributed by atoms with van der Waals surface area (Å²) in [5, 5.41) is 5.53. The number of amides is 1. The maximum absolute atomic E-state index is 13.3. The molecule has 4 rings (SSSR count). The minimum absolute atomic E-state index is 0.0871. The van der Waals surface area contributed by atoms with Gasteiger partial charge in [-0.2, -0.15) is 4.31 Å². The van der Waals surface area contributed by atoms with Crippen LogP contribution >= 0.6 is 11.3 Å². The van der Waals surface area contributed by atoms with Gasteiger partial charge in [0.15, 0.2) is 0 Å². The Morgan fingerprint density at radius 3 is 2.61 bits per heavy atom. The van der Waals surface area contributed by atoms with Gasteiger partial charge in [-0.15, -0.1) is 11.3 Å². The Hall–Kier alpha value is -2.75. The molecule has 1 aromatic heterocycles. The maximum atomic E-state index is 13.3. The Bertz CT molecular complexity index is 1200. The summed E-state index contributed by atoms with van der Waals surface area (Å²) < 4.78 is 33.6. The molecule has 1 N–H and O–H groups in total. The molecule has 1 saturated heterocycles. The number of anilines is 1. The van der Waals surface area contributed by atoms with Crippen LogP contribution in [0, 0.1) is 0 Å². The van der Waals surface area contributed by atoms with E-state index in [9.17, 15) is 13.2 Å². The zero-order valence-corrected chi connectivity index (χ0v) is 20.1. The number of nitrogens with one attached hydrogen (secondary N) is 1. The second-order valence-corrected chi connectivity index (χ2v) is 10.6. The Morgan fingerprint density at radius 1 is 1.12 bits per heavy atom. The van der Waals surface area contributed by atoms with E-state index in [1.807, 2.05) is 42.6 Å². The molecule has 33 heavy (non-hydrogen) atoms. The molecule has 0 spiro atoms. The van der Waals surface area contributed by atoms with Crippen LogP contribution in [-0.4, -0.2) is 43.3 Å². The largest absolute Gasteiger partial charge is 0.492 e. The van der Waals surface area contributed by atoms with E-state index in [2.05, 4.69) is 10.3 Å². The van der Waals surface area contributed by atoms with Crippen LogP contribution in [0.25, 0.3) is 10.6 Å². The molecule has 7 nitrogen and oxygen atoms in total. The molecule has 0 atom stereocenters. The van der Waals surface area contributed by atoms with Gasteiger partial charge in [-0.05, 0) is 38.0 Å². The van der Waals surface area contributed by atoms with Crippen LogP contribution in [0.4, 0.5) is 5.69 Å². The van der Waals surface area contributed by atoms with Gasteiger partial charge in [0.2, 0.25) is 15.9 Å². The molecule has 1 fully saturated rings. The van der Waals surface area contributed by atoms with E-state index >= 15 is 0 Å². The van der Waals surface area contributed by atoms with Gasteiger partial charge >= 0.3 is 0 Å². The zero-order valence-electron chi connectivity index (χ0n) is 18.5. The van der Waals surface area contributed by atoms with E-state index < -0.39 is 10.0 Å². The van der Waals surface area contributed by atoms with Crippen LogP contribution in [0.15, 0.2) is 58.8 Å². The third-order valence-corrected chi connectivity index (χ3v) is 8.23. The molecular weight excluding hydrogens is 458 g/mol. The normalized spacial score (nSPS) is 14.7. The predicted molar refractivity (Wildman–Crippen MR) is 130 cm³/mol. The summed E-state index contributed by atoms with van der Waals surface area (Å²) in [6.45, 7) is 3.16. The first-order valence-corrected chi connectivity index (χ1v) is 13.4. The van der Waals surface area contributed by atoms with Crippen LogP contribution in [-0.2, 0) is 21.2 Å². The summed E-state index contributed by atoms with van der Waals surface area (Å²) in [5.74, 6) is 0.0402. The summed E-state index contributed by atoms with van der Waals surface area (Å²) in [5.41, 5.74) is 2.09. The van der Waals surface area contributed by atoms with Crippen LogP contribution in [0.3, 0.4) is 0 Å². The van der Waals surface area contributed by atoms with Crippen molar-refractivity contribution in [3.05, 3.63) is 59.6 Å². The lowest BCUT2D eigenvalue weighted by molar-refractivity contribution is -0.115. The Kier molecular flexibility index (Phi) is 7.42. The molecule has 0 unspecified atom stereocenters. The predicted octanol–water partition coefficient (Wildman–Crippen LogP) is 4.56. The van der Waals surface area contributed by atoms with E-state index in [4.69, 9.17) is 4.74 Å². The van der Waals surface area contributed by atoms with Crippen molar-refractivity contribution < 1.29 is 17.9 Å². The average Bonchev–Trinajstić information content (AvgIpc) is 3.29. The second kappa shape index (κ2) is 10.5. The summed E-state index contributed by atoms with van der Waals surface area (Å²) in [6.07, 6.45) is 2.82. The lowest BCUT2D eigenvalue weighted by Gasteiger charge is -2.27. The van der Waals surface area contributed by atoms with E-state index in [0.29, 0.717) is 36.8 Å². The fraction of sp³-hybridized carbons (Fsp3) is 0.333. The fourth-order valence-electron chi connectivity index (χ4n) is 3.78. The molecule has 1 aliphatic rings. The van der Waals surface area contributed by atoms with Crippen molar-refractivity contribution in [2.75, 3.05) is 25.0 Å². The number of carbonyl (C=O) groups is 1. The highest BCUT2D eigenvalue weighted by Gasteiger charge is 2.29. The molecule has 3 aromatic rings. The highest BCUT2D eigenvalue weighted by atomic mass is 32.2. The van der Waals surface area contributed by atoms with Crippen LogP contribution in [0.2, 0.25) is 0 Å². The average molecular weight is 486 g/mol. The van der Waals surface area contributed by atoms with E-state index in [-0.39, 0.29) is 17.2 Å². The third-order valence-electron chi connectivity index (χ3n) is 5.37. The van der Waals surface area contributed by atoms with Gasteiger partial charge in [0.25, 0.3) is 0 Å². The van der Waals surface area contributed by atoms with Crippen LogP contribution in [0.1, 0.15) is 31.9 Å². The molecule has 0 bridgehead atoms. The number of thiazole rings is 1. The van der Waals surface area contributed by atoms with Crippen LogP contribution in [0.5, 0.6) is 5.75 Å². The third kappa shape index (κ3) is 5.61. The van der Waals surface area contributed by atoms with Gasteiger partial charge in [-0.25, -0.2) is 13.4 Å². The van der Waals surface area contributed by atoms with E-state index in [0.717, 1.165) is 29.8 Å². The fourth-order valence-corrected chi connectivity index (χ4v) is 6.28. The lowest BCUT2D eigenvalue weighted by atomic mass is 10.2. The van der Waals surface area contributed by atoms with Crippen molar-refractivity contribution in [3.8, 4) is 16.3 Å². The van der Waals surface area contributed by atoms with E-state index in [1.165, 1.54) is 21.7 Å². The zero-order chi connectivity index (χ0) is 23.3.